The number of aryl methyl sites for hydroxylation is 1. The van der Waals surface area contributed by atoms with Crippen LogP contribution >= 0.6 is 0 Å². The molecule has 154 valence electrons. The standard InChI is InChI=1S/C23H28N2O4/c1-3-4-11-28-19-9-5-17(6-10-19)23(27)24-14-21(15-24)29-20-12-16(2)25(18-7-8-18)22(26)13-20/h5-6,9-10,12-13,18,21H,3-4,7-8,11,14-15H2,1-2H3. The van der Waals surface area contributed by atoms with Crippen LogP contribution in [0.25, 0.3) is 0 Å². The quantitative estimate of drug-likeness (QED) is 0.640. The van der Waals surface area contributed by atoms with Gasteiger partial charge in [-0.3, -0.25) is 9.59 Å². The highest BCUT2D eigenvalue weighted by atomic mass is 16.5. The Hall–Kier alpha value is -2.76. The molecular weight excluding hydrogens is 368 g/mol. The van der Waals surface area contributed by atoms with Crippen molar-refractivity contribution in [1.29, 1.82) is 0 Å². The molecule has 1 aliphatic heterocycles. The fourth-order valence-electron chi connectivity index (χ4n) is 3.63. The molecule has 0 bridgehead atoms. The van der Waals surface area contributed by atoms with Gasteiger partial charge in [0, 0.05) is 23.4 Å². The lowest BCUT2D eigenvalue weighted by molar-refractivity contribution is 0.0176. The predicted molar refractivity (Wildman–Crippen MR) is 111 cm³/mol. The molecule has 0 atom stereocenters. The largest absolute Gasteiger partial charge is 0.494 e. The van der Waals surface area contributed by atoms with Crippen molar-refractivity contribution in [2.45, 2.75) is 51.7 Å². The minimum absolute atomic E-state index is 0.00370. The van der Waals surface area contributed by atoms with Crippen LogP contribution in [0.4, 0.5) is 0 Å². The van der Waals surface area contributed by atoms with Crippen molar-refractivity contribution in [3.8, 4) is 11.5 Å². The normalized spacial score (nSPS) is 16.4. The summed E-state index contributed by atoms with van der Waals surface area (Å²) in [5.74, 6) is 1.37. The molecule has 0 radical (unpaired) electrons. The molecule has 2 fully saturated rings. The van der Waals surface area contributed by atoms with Crippen molar-refractivity contribution in [2.75, 3.05) is 19.7 Å². The molecule has 2 aliphatic rings. The van der Waals surface area contributed by atoms with Crippen molar-refractivity contribution in [1.82, 2.24) is 9.47 Å². The van der Waals surface area contributed by atoms with Gasteiger partial charge in [0.15, 0.2) is 0 Å². The van der Waals surface area contributed by atoms with Crippen molar-refractivity contribution in [2.24, 2.45) is 0 Å². The van der Waals surface area contributed by atoms with E-state index in [-0.39, 0.29) is 17.6 Å². The van der Waals surface area contributed by atoms with Gasteiger partial charge in [-0.15, -0.1) is 0 Å². The first-order chi connectivity index (χ1) is 14.0. The Balaban J connectivity index is 1.29. The molecule has 0 spiro atoms. The number of rotatable bonds is 8. The summed E-state index contributed by atoms with van der Waals surface area (Å²) in [7, 11) is 0. The number of amides is 1. The van der Waals surface area contributed by atoms with Gasteiger partial charge in [0.25, 0.3) is 11.5 Å². The predicted octanol–water partition coefficient (Wildman–Crippen LogP) is 3.57. The number of carbonyl (C=O) groups excluding carboxylic acids is 1. The van der Waals surface area contributed by atoms with E-state index in [1.54, 1.807) is 23.1 Å². The molecule has 6 heteroatoms. The van der Waals surface area contributed by atoms with E-state index in [1.807, 2.05) is 29.7 Å². The van der Waals surface area contributed by atoms with Crippen molar-refractivity contribution in [3.63, 3.8) is 0 Å². The molecule has 29 heavy (non-hydrogen) atoms. The lowest BCUT2D eigenvalue weighted by Gasteiger charge is -2.39. The van der Waals surface area contributed by atoms with Gasteiger partial charge < -0.3 is 18.9 Å². The number of nitrogens with zero attached hydrogens (tertiary/aromatic N) is 2. The summed E-state index contributed by atoms with van der Waals surface area (Å²) in [6.45, 7) is 5.81. The third-order valence-electron chi connectivity index (χ3n) is 5.45. The zero-order valence-corrected chi connectivity index (χ0v) is 17.1. The van der Waals surface area contributed by atoms with E-state index in [4.69, 9.17) is 9.47 Å². The zero-order valence-electron chi connectivity index (χ0n) is 17.1. The van der Waals surface area contributed by atoms with Crippen LogP contribution < -0.4 is 15.0 Å². The summed E-state index contributed by atoms with van der Waals surface area (Å²) < 4.78 is 13.4. The summed E-state index contributed by atoms with van der Waals surface area (Å²) in [6.07, 6.45) is 4.18. The van der Waals surface area contributed by atoms with Gasteiger partial charge in [-0.2, -0.15) is 0 Å². The molecule has 0 N–H and O–H groups in total. The van der Waals surface area contributed by atoms with Gasteiger partial charge in [-0.1, -0.05) is 13.3 Å². The van der Waals surface area contributed by atoms with Gasteiger partial charge in [-0.25, -0.2) is 0 Å². The number of pyridine rings is 1. The second-order valence-corrected chi connectivity index (χ2v) is 7.95. The monoisotopic (exact) mass is 396 g/mol. The zero-order chi connectivity index (χ0) is 20.4. The Morgan fingerprint density at radius 3 is 2.45 bits per heavy atom. The van der Waals surface area contributed by atoms with Crippen LogP contribution in [-0.2, 0) is 0 Å². The van der Waals surface area contributed by atoms with Crippen molar-refractivity contribution in [3.05, 3.63) is 58.0 Å². The van der Waals surface area contributed by atoms with Crippen molar-refractivity contribution >= 4 is 5.91 Å². The van der Waals surface area contributed by atoms with Crippen LogP contribution in [0.2, 0.25) is 0 Å². The lowest BCUT2D eigenvalue weighted by Crippen LogP contribution is -2.56. The highest BCUT2D eigenvalue weighted by Crippen LogP contribution is 2.35. The minimum atomic E-state index is -0.0776. The average molecular weight is 396 g/mol. The maximum absolute atomic E-state index is 12.6. The summed E-state index contributed by atoms with van der Waals surface area (Å²) >= 11 is 0. The van der Waals surface area contributed by atoms with Crippen LogP contribution in [0.3, 0.4) is 0 Å². The number of ether oxygens (including phenoxy) is 2. The number of likely N-dealkylation sites (tertiary alicyclic amines) is 1. The number of aromatic nitrogens is 1. The first kappa shape index (κ1) is 19.6. The van der Waals surface area contributed by atoms with Crippen LogP contribution in [0.15, 0.2) is 41.2 Å². The smallest absolute Gasteiger partial charge is 0.254 e. The molecular formula is C23H28N2O4. The third-order valence-corrected chi connectivity index (χ3v) is 5.45. The second kappa shape index (κ2) is 8.31. The van der Waals surface area contributed by atoms with Crippen molar-refractivity contribution < 1.29 is 14.3 Å². The molecule has 1 amide bonds. The summed E-state index contributed by atoms with van der Waals surface area (Å²) in [5, 5.41) is 0. The van der Waals surface area contributed by atoms with Gasteiger partial charge in [0.1, 0.15) is 17.6 Å². The molecule has 1 aromatic heterocycles. The molecule has 1 saturated carbocycles. The Morgan fingerprint density at radius 2 is 1.83 bits per heavy atom. The van der Waals surface area contributed by atoms with E-state index in [0.717, 1.165) is 37.1 Å². The van der Waals surface area contributed by atoms with E-state index in [1.165, 1.54) is 0 Å². The Bertz CT molecular complexity index is 925. The molecule has 6 nitrogen and oxygen atoms in total. The molecule has 2 aromatic rings. The van der Waals surface area contributed by atoms with Gasteiger partial charge in [0.2, 0.25) is 0 Å². The van der Waals surface area contributed by atoms with E-state index in [2.05, 4.69) is 6.92 Å². The fourth-order valence-corrected chi connectivity index (χ4v) is 3.63. The lowest BCUT2D eigenvalue weighted by atomic mass is 10.1. The van der Waals surface area contributed by atoms with Gasteiger partial charge in [-0.05, 0) is 56.5 Å². The highest BCUT2D eigenvalue weighted by Gasteiger charge is 2.33. The van der Waals surface area contributed by atoms with E-state index < -0.39 is 0 Å². The first-order valence-corrected chi connectivity index (χ1v) is 10.5. The number of unbranched alkanes of at least 4 members (excludes halogenated alkanes) is 1. The summed E-state index contributed by atoms with van der Waals surface area (Å²) in [4.78, 5) is 26.7. The number of hydrogen-bond acceptors (Lipinski definition) is 4. The van der Waals surface area contributed by atoms with E-state index in [9.17, 15) is 9.59 Å². The number of hydrogen-bond donors (Lipinski definition) is 0. The molecule has 1 aromatic carbocycles. The molecule has 1 saturated heterocycles. The summed E-state index contributed by atoms with van der Waals surface area (Å²) in [6, 6.07) is 11.1. The molecule has 1 aliphatic carbocycles. The topological polar surface area (TPSA) is 60.8 Å². The second-order valence-electron chi connectivity index (χ2n) is 7.95. The Morgan fingerprint density at radius 1 is 1.10 bits per heavy atom. The Kier molecular flexibility index (Phi) is 5.60. The van der Waals surface area contributed by atoms with Crippen LogP contribution in [0.5, 0.6) is 11.5 Å². The van der Waals surface area contributed by atoms with Gasteiger partial charge in [0.05, 0.1) is 19.7 Å². The van der Waals surface area contributed by atoms with Crippen LogP contribution in [0, 0.1) is 6.92 Å². The minimum Gasteiger partial charge on any atom is -0.494 e. The number of benzene rings is 1. The SMILES string of the molecule is CCCCOc1ccc(C(=O)N2CC(Oc3cc(C)n(C4CC4)c(=O)c3)C2)cc1. The highest BCUT2D eigenvalue weighted by molar-refractivity contribution is 5.94. The van der Waals surface area contributed by atoms with E-state index >= 15 is 0 Å². The maximum atomic E-state index is 12.6. The number of carbonyl (C=O) groups is 1. The first-order valence-electron chi connectivity index (χ1n) is 10.5. The fraction of sp³-hybridized carbons (Fsp3) is 0.478. The van der Waals surface area contributed by atoms with E-state index in [0.29, 0.717) is 37.1 Å². The Labute approximate surface area is 171 Å². The average Bonchev–Trinajstić information content (AvgIpc) is 3.49. The molecule has 0 unspecified atom stereocenters. The van der Waals surface area contributed by atoms with Crippen LogP contribution in [-0.4, -0.2) is 41.2 Å². The maximum Gasteiger partial charge on any atom is 0.254 e. The molecule has 4 rings (SSSR count). The summed E-state index contributed by atoms with van der Waals surface area (Å²) in [5.41, 5.74) is 1.58. The molecule has 2 heterocycles. The van der Waals surface area contributed by atoms with Gasteiger partial charge >= 0.3 is 0 Å². The third kappa shape index (κ3) is 4.47. The van der Waals surface area contributed by atoms with Crippen LogP contribution in [0.1, 0.15) is 54.7 Å².